The maximum atomic E-state index is 13.7. The Morgan fingerprint density at radius 2 is 2.11 bits per heavy atom. The van der Waals surface area contributed by atoms with E-state index in [0.717, 1.165) is 5.56 Å². The van der Waals surface area contributed by atoms with Gasteiger partial charge in [-0.05, 0) is 31.2 Å². The highest BCUT2D eigenvalue weighted by molar-refractivity contribution is 7.20. The van der Waals surface area contributed by atoms with Gasteiger partial charge in [0.1, 0.15) is 5.82 Å². The molecular formula is C13H9Cl2FN2S. The lowest BCUT2D eigenvalue weighted by molar-refractivity contribution is 0.627. The van der Waals surface area contributed by atoms with Crippen LogP contribution in [0.5, 0.6) is 0 Å². The van der Waals surface area contributed by atoms with E-state index in [1.54, 1.807) is 12.1 Å². The molecule has 0 amide bonds. The fourth-order valence-corrected chi connectivity index (χ4v) is 3.31. The van der Waals surface area contributed by atoms with Crippen molar-refractivity contribution in [2.45, 2.75) is 13.0 Å². The van der Waals surface area contributed by atoms with Crippen LogP contribution in [0.4, 0.5) is 10.1 Å². The van der Waals surface area contributed by atoms with Crippen LogP contribution in [0.2, 0.25) is 8.67 Å². The summed E-state index contributed by atoms with van der Waals surface area (Å²) < 4.78 is 14.9. The minimum Gasteiger partial charge on any atom is -0.376 e. The van der Waals surface area contributed by atoms with Crippen LogP contribution >= 0.6 is 34.5 Å². The summed E-state index contributed by atoms with van der Waals surface area (Å²) in [6, 6.07) is 7.75. The summed E-state index contributed by atoms with van der Waals surface area (Å²) in [7, 11) is 0. The van der Waals surface area contributed by atoms with Crippen molar-refractivity contribution in [3.05, 3.63) is 49.9 Å². The zero-order valence-corrected chi connectivity index (χ0v) is 12.2. The Labute approximate surface area is 124 Å². The Hall–Kier alpha value is -1.28. The lowest BCUT2D eigenvalue weighted by atomic mass is 10.1. The first kappa shape index (κ1) is 14.1. The molecule has 0 aliphatic heterocycles. The predicted molar refractivity (Wildman–Crippen MR) is 77.5 cm³/mol. The van der Waals surface area contributed by atoms with Gasteiger partial charge in [-0.25, -0.2) is 4.39 Å². The van der Waals surface area contributed by atoms with Crippen LogP contribution in [-0.4, -0.2) is 0 Å². The number of halogens is 3. The van der Waals surface area contributed by atoms with Crippen molar-refractivity contribution in [3.63, 3.8) is 0 Å². The third-order valence-electron chi connectivity index (χ3n) is 2.62. The number of hydrogen-bond donors (Lipinski definition) is 1. The molecule has 2 aromatic rings. The van der Waals surface area contributed by atoms with Crippen molar-refractivity contribution >= 4 is 40.2 Å². The molecule has 0 fully saturated rings. The maximum Gasteiger partial charge on any atom is 0.147 e. The Bertz CT molecular complexity index is 649. The summed E-state index contributed by atoms with van der Waals surface area (Å²) in [5, 5.41) is 11.7. The smallest absolute Gasteiger partial charge is 0.147 e. The van der Waals surface area contributed by atoms with E-state index >= 15 is 0 Å². The molecule has 0 aliphatic rings. The van der Waals surface area contributed by atoms with Crippen molar-refractivity contribution in [1.29, 1.82) is 5.26 Å². The first-order chi connectivity index (χ1) is 9.01. The van der Waals surface area contributed by atoms with Crippen molar-refractivity contribution in [1.82, 2.24) is 0 Å². The van der Waals surface area contributed by atoms with Gasteiger partial charge in [0.05, 0.1) is 32.0 Å². The Kier molecular flexibility index (Phi) is 4.31. The van der Waals surface area contributed by atoms with Crippen LogP contribution in [-0.2, 0) is 0 Å². The molecule has 6 heteroatoms. The standard InChI is InChI=1S/C13H9Cl2FN2S/c1-7(9-5-12(14)19-13(9)15)18-11-3-2-8(6-17)4-10(11)16/h2-5,7,18H,1H3. The SMILES string of the molecule is CC(Nc1ccc(C#N)cc1F)c1cc(Cl)sc1Cl. The molecule has 0 saturated heterocycles. The quantitative estimate of drug-likeness (QED) is 0.841. The molecule has 0 bridgehead atoms. The fraction of sp³-hybridized carbons (Fsp3) is 0.154. The fourth-order valence-electron chi connectivity index (χ4n) is 1.66. The van der Waals surface area contributed by atoms with Gasteiger partial charge in [0.15, 0.2) is 0 Å². The minimum absolute atomic E-state index is 0.182. The normalized spacial score (nSPS) is 11.9. The topological polar surface area (TPSA) is 35.8 Å². The van der Waals surface area contributed by atoms with Crippen LogP contribution in [0.25, 0.3) is 0 Å². The molecule has 1 heterocycles. The molecule has 1 aromatic carbocycles. The molecule has 0 aliphatic carbocycles. The summed E-state index contributed by atoms with van der Waals surface area (Å²) in [4.78, 5) is 0. The van der Waals surface area contributed by atoms with Gasteiger partial charge in [0.25, 0.3) is 0 Å². The number of nitriles is 1. The number of hydrogen-bond acceptors (Lipinski definition) is 3. The molecule has 1 unspecified atom stereocenters. The molecule has 0 saturated carbocycles. The highest BCUT2D eigenvalue weighted by Gasteiger charge is 2.14. The van der Waals surface area contributed by atoms with E-state index < -0.39 is 5.82 Å². The summed E-state index contributed by atoms with van der Waals surface area (Å²) in [5.41, 5.74) is 1.43. The van der Waals surface area contributed by atoms with Crippen LogP contribution in [0.1, 0.15) is 24.1 Å². The van der Waals surface area contributed by atoms with E-state index in [1.165, 1.54) is 23.5 Å². The number of rotatable bonds is 3. The van der Waals surface area contributed by atoms with Gasteiger partial charge < -0.3 is 5.32 Å². The minimum atomic E-state index is -0.469. The van der Waals surface area contributed by atoms with Crippen LogP contribution in [0.3, 0.4) is 0 Å². The average molecular weight is 315 g/mol. The van der Waals surface area contributed by atoms with E-state index in [0.29, 0.717) is 14.4 Å². The van der Waals surface area contributed by atoms with Gasteiger partial charge in [0.2, 0.25) is 0 Å². The highest BCUT2D eigenvalue weighted by atomic mass is 35.5. The molecular weight excluding hydrogens is 306 g/mol. The molecule has 1 atom stereocenters. The Morgan fingerprint density at radius 3 is 2.63 bits per heavy atom. The number of benzene rings is 1. The zero-order chi connectivity index (χ0) is 14.0. The molecule has 1 N–H and O–H groups in total. The molecule has 1 aromatic heterocycles. The van der Waals surface area contributed by atoms with Crippen molar-refractivity contribution in [3.8, 4) is 6.07 Å². The number of nitrogens with one attached hydrogen (secondary N) is 1. The second kappa shape index (κ2) is 5.79. The summed E-state index contributed by atoms with van der Waals surface area (Å²) >= 11 is 13.2. The van der Waals surface area contributed by atoms with Gasteiger partial charge >= 0.3 is 0 Å². The van der Waals surface area contributed by atoms with Crippen molar-refractivity contribution < 1.29 is 4.39 Å². The first-order valence-corrected chi connectivity index (χ1v) is 6.99. The largest absolute Gasteiger partial charge is 0.376 e. The van der Waals surface area contributed by atoms with Crippen molar-refractivity contribution in [2.75, 3.05) is 5.32 Å². The highest BCUT2D eigenvalue weighted by Crippen LogP contribution is 2.36. The Morgan fingerprint density at radius 1 is 1.37 bits per heavy atom. The summed E-state index contributed by atoms with van der Waals surface area (Å²) in [6.45, 7) is 1.86. The monoisotopic (exact) mass is 314 g/mol. The van der Waals surface area contributed by atoms with Gasteiger partial charge in [-0.2, -0.15) is 5.26 Å². The number of anilines is 1. The molecule has 19 heavy (non-hydrogen) atoms. The van der Waals surface area contributed by atoms with E-state index in [1.807, 2.05) is 13.0 Å². The summed E-state index contributed by atoms with van der Waals surface area (Å²) in [5.74, 6) is -0.469. The van der Waals surface area contributed by atoms with Crippen LogP contribution in [0, 0.1) is 17.1 Å². The number of thiophene rings is 1. The van der Waals surface area contributed by atoms with E-state index in [4.69, 9.17) is 28.5 Å². The van der Waals surface area contributed by atoms with E-state index in [-0.39, 0.29) is 11.6 Å². The van der Waals surface area contributed by atoms with Crippen LogP contribution in [0.15, 0.2) is 24.3 Å². The molecule has 0 spiro atoms. The second-order valence-electron chi connectivity index (χ2n) is 3.95. The van der Waals surface area contributed by atoms with Crippen LogP contribution < -0.4 is 5.32 Å². The van der Waals surface area contributed by atoms with E-state index in [2.05, 4.69) is 5.32 Å². The molecule has 2 nitrogen and oxygen atoms in total. The maximum absolute atomic E-state index is 13.7. The summed E-state index contributed by atoms with van der Waals surface area (Å²) in [6.07, 6.45) is 0. The Balaban J connectivity index is 2.22. The third-order valence-corrected chi connectivity index (χ3v) is 4.14. The average Bonchev–Trinajstić information content (AvgIpc) is 2.71. The van der Waals surface area contributed by atoms with Crippen molar-refractivity contribution in [2.24, 2.45) is 0 Å². The second-order valence-corrected chi connectivity index (χ2v) is 6.24. The molecule has 98 valence electrons. The zero-order valence-electron chi connectivity index (χ0n) is 9.88. The molecule has 2 rings (SSSR count). The van der Waals surface area contributed by atoms with Gasteiger partial charge in [-0.15, -0.1) is 11.3 Å². The lowest BCUT2D eigenvalue weighted by Gasteiger charge is -2.15. The molecule has 0 radical (unpaired) electrons. The number of nitrogens with zero attached hydrogens (tertiary/aromatic N) is 1. The first-order valence-electron chi connectivity index (χ1n) is 5.42. The van der Waals surface area contributed by atoms with E-state index in [9.17, 15) is 4.39 Å². The van der Waals surface area contributed by atoms with Gasteiger partial charge in [-0.1, -0.05) is 23.2 Å². The van der Waals surface area contributed by atoms with Gasteiger partial charge in [-0.3, -0.25) is 0 Å². The van der Waals surface area contributed by atoms with Gasteiger partial charge in [0, 0.05) is 5.56 Å². The lowest BCUT2D eigenvalue weighted by Crippen LogP contribution is -2.07. The third kappa shape index (κ3) is 3.19. The predicted octanol–water partition coefficient (Wildman–Crippen LogP) is 5.24.